The maximum absolute atomic E-state index is 6.54. The van der Waals surface area contributed by atoms with Crippen molar-refractivity contribution in [1.29, 1.82) is 0 Å². The minimum atomic E-state index is -0.900. The molecule has 1 unspecified atom stereocenters. The Balaban J connectivity index is 2.51. The molecule has 0 fully saturated rings. The monoisotopic (exact) mass is 359 g/mol. The fourth-order valence-electron chi connectivity index (χ4n) is 1.80. The van der Waals surface area contributed by atoms with Crippen molar-refractivity contribution in [3.05, 3.63) is 51.5 Å². The number of halogens is 3. The molecule has 0 aliphatic heterocycles. The standard InChI is InChI=1S/C13H8BrCl2NS/c14-10-3-6-12(13(16,7-10)17-8-18)9-1-4-11(15)5-2-9/h1-6H,7H2. The van der Waals surface area contributed by atoms with Crippen LogP contribution in [0.15, 0.2) is 45.9 Å². The minimum absolute atomic E-state index is 0.548. The van der Waals surface area contributed by atoms with Gasteiger partial charge >= 0.3 is 0 Å². The minimum Gasteiger partial charge on any atom is -0.204 e. The van der Waals surface area contributed by atoms with Gasteiger partial charge in [0.2, 0.25) is 0 Å². The van der Waals surface area contributed by atoms with Gasteiger partial charge in [-0.3, -0.25) is 0 Å². The molecule has 18 heavy (non-hydrogen) atoms. The number of allylic oxidation sites excluding steroid dienone is 2. The molecule has 0 N–H and O–H groups in total. The third kappa shape index (κ3) is 2.93. The van der Waals surface area contributed by atoms with Crippen molar-refractivity contribution < 1.29 is 0 Å². The number of nitrogens with zero attached hydrogens (tertiary/aromatic N) is 1. The van der Waals surface area contributed by atoms with Crippen molar-refractivity contribution in [1.82, 2.24) is 0 Å². The molecule has 92 valence electrons. The van der Waals surface area contributed by atoms with Crippen molar-refractivity contribution >= 4 is 62.1 Å². The van der Waals surface area contributed by atoms with Crippen molar-refractivity contribution in [2.24, 2.45) is 4.99 Å². The largest absolute Gasteiger partial charge is 0.204 e. The van der Waals surface area contributed by atoms with Crippen LogP contribution in [0.1, 0.15) is 12.0 Å². The highest BCUT2D eigenvalue weighted by atomic mass is 79.9. The topological polar surface area (TPSA) is 12.4 Å². The number of hydrogen-bond donors (Lipinski definition) is 0. The number of thiocarbonyl (C=S) groups is 1. The zero-order chi connectivity index (χ0) is 13.2. The van der Waals surface area contributed by atoms with E-state index in [1.807, 2.05) is 36.4 Å². The van der Waals surface area contributed by atoms with Crippen LogP contribution in [0.5, 0.6) is 0 Å². The van der Waals surface area contributed by atoms with E-state index in [4.69, 9.17) is 23.2 Å². The lowest BCUT2D eigenvalue weighted by Crippen LogP contribution is -2.22. The smallest absolute Gasteiger partial charge is 0.174 e. The van der Waals surface area contributed by atoms with E-state index in [1.165, 1.54) is 0 Å². The Labute approximate surface area is 129 Å². The Morgan fingerprint density at radius 3 is 2.56 bits per heavy atom. The van der Waals surface area contributed by atoms with Crippen LogP contribution < -0.4 is 0 Å². The Kier molecular flexibility index (Phi) is 4.41. The molecule has 0 spiro atoms. The van der Waals surface area contributed by atoms with E-state index < -0.39 is 5.00 Å². The van der Waals surface area contributed by atoms with Gasteiger partial charge in [-0.05, 0) is 34.4 Å². The van der Waals surface area contributed by atoms with Gasteiger partial charge in [0.05, 0.1) is 5.16 Å². The van der Waals surface area contributed by atoms with Gasteiger partial charge in [0, 0.05) is 17.0 Å². The summed E-state index contributed by atoms with van der Waals surface area (Å²) in [6.45, 7) is 0. The number of isothiocyanates is 1. The molecule has 1 aromatic carbocycles. The fraction of sp³-hybridized carbons (Fsp3) is 0.154. The van der Waals surface area contributed by atoms with Crippen molar-refractivity contribution in [2.75, 3.05) is 0 Å². The highest BCUT2D eigenvalue weighted by molar-refractivity contribution is 9.11. The highest BCUT2D eigenvalue weighted by Crippen LogP contribution is 2.43. The summed E-state index contributed by atoms with van der Waals surface area (Å²) in [5.41, 5.74) is 1.86. The van der Waals surface area contributed by atoms with Gasteiger partial charge in [-0.25, -0.2) is 4.99 Å². The average Bonchev–Trinajstić information content (AvgIpc) is 2.31. The first-order valence-corrected chi connectivity index (χ1v) is 7.11. The van der Waals surface area contributed by atoms with E-state index >= 15 is 0 Å². The number of rotatable bonds is 2. The van der Waals surface area contributed by atoms with Crippen LogP contribution in [-0.4, -0.2) is 10.2 Å². The summed E-state index contributed by atoms with van der Waals surface area (Å²) >= 11 is 20.5. The molecule has 0 saturated heterocycles. The third-order valence-electron chi connectivity index (χ3n) is 2.62. The van der Waals surface area contributed by atoms with Gasteiger partial charge in [0.1, 0.15) is 0 Å². The molecular weight excluding hydrogens is 353 g/mol. The van der Waals surface area contributed by atoms with E-state index in [0.29, 0.717) is 11.4 Å². The molecule has 2 rings (SSSR count). The summed E-state index contributed by atoms with van der Waals surface area (Å²) in [5, 5.41) is 3.06. The molecule has 0 bridgehead atoms. The van der Waals surface area contributed by atoms with E-state index in [-0.39, 0.29) is 0 Å². The number of aliphatic imine (C=N–C) groups is 1. The van der Waals surface area contributed by atoms with E-state index in [1.54, 1.807) is 0 Å². The number of hydrogen-bond acceptors (Lipinski definition) is 2. The van der Waals surface area contributed by atoms with Gasteiger partial charge in [0.25, 0.3) is 0 Å². The lowest BCUT2D eigenvalue weighted by atomic mass is 9.92. The number of benzene rings is 1. The van der Waals surface area contributed by atoms with Crippen LogP contribution in [-0.2, 0) is 0 Å². The zero-order valence-electron chi connectivity index (χ0n) is 9.16. The maximum atomic E-state index is 6.54. The molecule has 1 nitrogen and oxygen atoms in total. The summed E-state index contributed by atoms with van der Waals surface area (Å²) < 4.78 is 0.976. The number of alkyl halides is 1. The lowest BCUT2D eigenvalue weighted by Gasteiger charge is -2.27. The van der Waals surface area contributed by atoms with Crippen molar-refractivity contribution in [3.8, 4) is 0 Å². The predicted octanol–water partition coefficient (Wildman–Crippen LogP) is 5.44. The average molecular weight is 361 g/mol. The Hall–Kier alpha value is -0.440. The molecule has 1 atom stereocenters. The first kappa shape index (κ1) is 14.0. The zero-order valence-corrected chi connectivity index (χ0v) is 13.1. The molecule has 0 saturated carbocycles. The Morgan fingerprint density at radius 1 is 1.28 bits per heavy atom. The molecule has 0 heterocycles. The van der Waals surface area contributed by atoms with Crippen LogP contribution in [0.4, 0.5) is 0 Å². The predicted molar refractivity (Wildman–Crippen MR) is 84.7 cm³/mol. The second-order valence-corrected chi connectivity index (χ2v) is 6.10. The summed E-state index contributed by atoms with van der Waals surface area (Å²) in [4.78, 5) is 3.20. The van der Waals surface area contributed by atoms with Crippen LogP contribution in [0.25, 0.3) is 5.57 Å². The molecule has 1 aliphatic carbocycles. The van der Waals surface area contributed by atoms with Crippen molar-refractivity contribution in [2.45, 2.75) is 11.4 Å². The lowest BCUT2D eigenvalue weighted by molar-refractivity contribution is 0.766. The normalized spacial score (nSPS) is 22.8. The van der Waals surface area contributed by atoms with E-state index in [2.05, 4.69) is 38.3 Å². The molecule has 1 aliphatic rings. The van der Waals surface area contributed by atoms with Crippen LogP contribution in [0.3, 0.4) is 0 Å². The first-order valence-electron chi connectivity index (χ1n) is 5.16. The Morgan fingerprint density at radius 2 is 1.94 bits per heavy atom. The van der Waals surface area contributed by atoms with E-state index in [9.17, 15) is 0 Å². The van der Waals surface area contributed by atoms with Gasteiger partial charge < -0.3 is 0 Å². The SMILES string of the molecule is S=C=NC1(Cl)CC(Br)=CC=C1c1ccc(Cl)cc1. The quantitative estimate of drug-likeness (QED) is 0.296. The highest BCUT2D eigenvalue weighted by Gasteiger charge is 2.34. The second kappa shape index (κ2) is 5.68. The van der Waals surface area contributed by atoms with Gasteiger partial charge in [0.15, 0.2) is 5.00 Å². The summed E-state index contributed by atoms with van der Waals surface area (Å²) in [7, 11) is 0. The molecule has 0 amide bonds. The van der Waals surface area contributed by atoms with Crippen LogP contribution in [0, 0.1) is 0 Å². The van der Waals surface area contributed by atoms with E-state index in [0.717, 1.165) is 15.6 Å². The van der Waals surface area contributed by atoms with Crippen LogP contribution in [0.2, 0.25) is 5.02 Å². The van der Waals surface area contributed by atoms with Crippen LogP contribution >= 0.6 is 51.3 Å². The van der Waals surface area contributed by atoms with Crippen molar-refractivity contribution in [3.63, 3.8) is 0 Å². The molecule has 0 radical (unpaired) electrons. The second-order valence-electron chi connectivity index (χ2n) is 3.84. The van der Waals surface area contributed by atoms with Gasteiger partial charge in [-0.1, -0.05) is 63.4 Å². The molecule has 1 aromatic rings. The Bertz CT molecular complexity index is 573. The summed E-state index contributed by atoms with van der Waals surface area (Å²) in [5.74, 6) is 0. The molecule has 0 aromatic heterocycles. The summed E-state index contributed by atoms with van der Waals surface area (Å²) in [6, 6.07) is 7.47. The van der Waals surface area contributed by atoms with Gasteiger partial charge in [-0.15, -0.1) is 0 Å². The fourth-order valence-corrected chi connectivity index (χ4v) is 3.19. The molecular formula is C13H8BrCl2NS. The maximum Gasteiger partial charge on any atom is 0.174 e. The van der Waals surface area contributed by atoms with Gasteiger partial charge in [-0.2, -0.15) is 0 Å². The summed E-state index contributed by atoms with van der Waals surface area (Å²) in [6.07, 6.45) is 4.44. The molecule has 5 heteroatoms. The first-order chi connectivity index (χ1) is 8.55. The third-order valence-corrected chi connectivity index (χ3v) is 3.93.